The molecule has 0 saturated carbocycles. The van der Waals surface area contributed by atoms with Crippen LogP contribution in [0.25, 0.3) is 0 Å². The molecule has 18 heavy (non-hydrogen) atoms. The van der Waals surface area contributed by atoms with E-state index in [-0.39, 0.29) is 12.0 Å². The normalized spacial score (nSPS) is 23.7. The Morgan fingerprint density at radius 2 is 2.17 bits per heavy atom. The maximum absolute atomic E-state index is 9.84. The molecular formula is C14H21NO3. The first-order valence-corrected chi connectivity index (χ1v) is 6.30. The first kappa shape index (κ1) is 13.2. The molecule has 1 fully saturated rings. The van der Waals surface area contributed by atoms with Crippen LogP contribution in [-0.4, -0.2) is 39.0 Å². The van der Waals surface area contributed by atoms with E-state index >= 15 is 0 Å². The number of piperidine rings is 1. The van der Waals surface area contributed by atoms with Gasteiger partial charge in [-0.05, 0) is 37.6 Å². The van der Waals surface area contributed by atoms with Gasteiger partial charge in [-0.3, -0.25) is 0 Å². The Labute approximate surface area is 108 Å². The second-order valence-electron chi connectivity index (χ2n) is 4.78. The summed E-state index contributed by atoms with van der Waals surface area (Å²) in [4.78, 5) is 0. The van der Waals surface area contributed by atoms with Gasteiger partial charge in [0.25, 0.3) is 0 Å². The quantitative estimate of drug-likeness (QED) is 0.847. The Kier molecular flexibility index (Phi) is 4.09. The van der Waals surface area contributed by atoms with Crippen LogP contribution in [0.15, 0.2) is 18.2 Å². The highest BCUT2D eigenvalue weighted by Gasteiger charge is 2.36. The lowest BCUT2D eigenvalue weighted by Gasteiger charge is -2.37. The fourth-order valence-corrected chi connectivity index (χ4v) is 2.65. The van der Waals surface area contributed by atoms with Gasteiger partial charge in [0.15, 0.2) is 0 Å². The lowest BCUT2D eigenvalue weighted by molar-refractivity contribution is 0.159. The summed E-state index contributed by atoms with van der Waals surface area (Å²) in [6.45, 7) is 1.89. The molecule has 0 radical (unpaired) electrons. The summed E-state index contributed by atoms with van der Waals surface area (Å²) in [7, 11) is 3.31. The van der Waals surface area contributed by atoms with Gasteiger partial charge < -0.3 is 19.9 Å². The molecule has 1 heterocycles. The van der Waals surface area contributed by atoms with Gasteiger partial charge in [0.1, 0.15) is 11.5 Å². The molecule has 1 saturated heterocycles. The van der Waals surface area contributed by atoms with Crippen LogP contribution < -0.4 is 14.8 Å². The molecule has 1 aromatic carbocycles. The highest BCUT2D eigenvalue weighted by molar-refractivity contribution is 5.45. The number of rotatable bonds is 4. The van der Waals surface area contributed by atoms with Crippen molar-refractivity contribution in [1.82, 2.24) is 5.32 Å². The van der Waals surface area contributed by atoms with Gasteiger partial charge in [0.2, 0.25) is 0 Å². The summed E-state index contributed by atoms with van der Waals surface area (Å²) < 4.78 is 10.7. The monoisotopic (exact) mass is 251 g/mol. The lowest BCUT2D eigenvalue weighted by Crippen LogP contribution is -2.46. The van der Waals surface area contributed by atoms with E-state index in [0.717, 1.165) is 43.0 Å². The molecule has 1 aliphatic heterocycles. The second-order valence-corrected chi connectivity index (χ2v) is 4.78. The molecule has 2 N–H and O–H groups in total. The van der Waals surface area contributed by atoms with E-state index in [0.29, 0.717) is 0 Å². The van der Waals surface area contributed by atoms with Gasteiger partial charge in [-0.1, -0.05) is 0 Å². The Balaban J connectivity index is 2.44. The average Bonchev–Trinajstić information content (AvgIpc) is 2.47. The van der Waals surface area contributed by atoms with Gasteiger partial charge in [-0.25, -0.2) is 0 Å². The third-order valence-electron chi connectivity index (χ3n) is 3.75. The fraction of sp³-hybridized carbons (Fsp3) is 0.571. The minimum Gasteiger partial charge on any atom is -0.497 e. The molecule has 4 nitrogen and oxygen atoms in total. The summed E-state index contributed by atoms with van der Waals surface area (Å²) >= 11 is 0. The van der Waals surface area contributed by atoms with E-state index < -0.39 is 0 Å². The zero-order chi connectivity index (χ0) is 13.0. The van der Waals surface area contributed by atoms with Crippen LogP contribution in [0.3, 0.4) is 0 Å². The Bertz CT molecular complexity index is 400. The number of ether oxygens (including phenoxy) is 2. The number of hydrogen-bond acceptors (Lipinski definition) is 4. The topological polar surface area (TPSA) is 50.7 Å². The lowest BCUT2D eigenvalue weighted by atomic mass is 9.75. The standard InChI is InChI=1S/C14H21NO3/c1-17-11-4-5-13(18-2)12(8-11)14(10-16)6-3-7-15-9-14/h4-5,8,15-16H,3,6-7,9-10H2,1-2H3. The van der Waals surface area contributed by atoms with E-state index in [9.17, 15) is 5.11 Å². The number of benzene rings is 1. The molecular weight excluding hydrogens is 230 g/mol. The molecule has 1 aromatic rings. The van der Waals surface area contributed by atoms with Crippen LogP contribution in [0.2, 0.25) is 0 Å². The summed E-state index contributed by atoms with van der Waals surface area (Å²) in [6, 6.07) is 5.76. The van der Waals surface area contributed by atoms with E-state index in [2.05, 4.69) is 5.32 Å². The number of nitrogens with one attached hydrogen (secondary N) is 1. The van der Waals surface area contributed by atoms with Gasteiger partial charge in [-0.15, -0.1) is 0 Å². The van der Waals surface area contributed by atoms with Crippen LogP contribution in [0.5, 0.6) is 11.5 Å². The molecule has 0 bridgehead atoms. The zero-order valence-electron chi connectivity index (χ0n) is 11.0. The number of methoxy groups -OCH3 is 2. The van der Waals surface area contributed by atoms with Crippen LogP contribution in [0.1, 0.15) is 18.4 Å². The van der Waals surface area contributed by atoms with E-state index in [1.54, 1.807) is 14.2 Å². The molecule has 100 valence electrons. The van der Waals surface area contributed by atoms with Crippen LogP contribution in [0, 0.1) is 0 Å². The summed E-state index contributed by atoms with van der Waals surface area (Å²) in [5.41, 5.74) is 0.761. The number of aliphatic hydroxyl groups excluding tert-OH is 1. The largest absolute Gasteiger partial charge is 0.497 e. The first-order chi connectivity index (χ1) is 8.75. The minimum atomic E-state index is -0.266. The van der Waals surface area contributed by atoms with Crippen molar-refractivity contribution in [3.63, 3.8) is 0 Å². The molecule has 2 rings (SSSR count). The molecule has 1 unspecified atom stereocenters. The van der Waals surface area contributed by atoms with E-state index in [4.69, 9.17) is 9.47 Å². The number of hydrogen-bond donors (Lipinski definition) is 2. The van der Waals surface area contributed by atoms with Gasteiger partial charge >= 0.3 is 0 Å². The maximum Gasteiger partial charge on any atom is 0.123 e. The van der Waals surface area contributed by atoms with Crippen molar-refractivity contribution >= 4 is 0 Å². The number of aliphatic hydroxyl groups is 1. The molecule has 0 spiro atoms. The van der Waals surface area contributed by atoms with Crippen molar-refractivity contribution in [3.8, 4) is 11.5 Å². The first-order valence-electron chi connectivity index (χ1n) is 6.30. The zero-order valence-corrected chi connectivity index (χ0v) is 11.0. The Morgan fingerprint density at radius 3 is 2.72 bits per heavy atom. The maximum atomic E-state index is 9.84. The van der Waals surface area contributed by atoms with Gasteiger partial charge in [0, 0.05) is 17.5 Å². The average molecular weight is 251 g/mol. The van der Waals surface area contributed by atoms with E-state index in [1.165, 1.54) is 0 Å². The molecule has 1 atom stereocenters. The fourth-order valence-electron chi connectivity index (χ4n) is 2.65. The van der Waals surface area contributed by atoms with Crippen LogP contribution >= 0.6 is 0 Å². The van der Waals surface area contributed by atoms with Gasteiger partial charge in [0.05, 0.1) is 20.8 Å². The Hall–Kier alpha value is -1.26. The van der Waals surface area contributed by atoms with Crippen molar-refractivity contribution < 1.29 is 14.6 Å². The van der Waals surface area contributed by atoms with Gasteiger partial charge in [-0.2, -0.15) is 0 Å². The van der Waals surface area contributed by atoms with Crippen LogP contribution in [0.4, 0.5) is 0 Å². The minimum absolute atomic E-state index is 0.115. The van der Waals surface area contributed by atoms with Crippen molar-refractivity contribution in [1.29, 1.82) is 0 Å². The van der Waals surface area contributed by atoms with Crippen molar-refractivity contribution in [2.45, 2.75) is 18.3 Å². The molecule has 0 amide bonds. The summed E-state index contributed by atoms with van der Waals surface area (Å²) in [5.74, 6) is 1.61. The van der Waals surface area contributed by atoms with Crippen molar-refractivity contribution in [3.05, 3.63) is 23.8 Å². The summed E-state index contributed by atoms with van der Waals surface area (Å²) in [5, 5.41) is 13.2. The van der Waals surface area contributed by atoms with Crippen molar-refractivity contribution in [2.24, 2.45) is 0 Å². The molecule has 0 aliphatic carbocycles. The third-order valence-corrected chi connectivity index (χ3v) is 3.75. The highest BCUT2D eigenvalue weighted by atomic mass is 16.5. The summed E-state index contributed by atoms with van der Waals surface area (Å²) in [6.07, 6.45) is 2.01. The highest BCUT2D eigenvalue weighted by Crippen LogP contribution is 2.38. The van der Waals surface area contributed by atoms with Crippen molar-refractivity contribution in [2.75, 3.05) is 33.9 Å². The molecule has 4 heteroatoms. The van der Waals surface area contributed by atoms with Crippen LogP contribution in [-0.2, 0) is 5.41 Å². The molecule has 1 aliphatic rings. The van der Waals surface area contributed by atoms with E-state index in [1.807, 2.05) is 18.2 Å². The SMILES string of the molecule is COc1ccc(OC)c(C2(CO)CCCNC2)c1. The predicted molar refractivity (Wildman–Crippen MR) is 70.4 cm³/mol. The third kappa shape index (κ3) is 2.31. The molecule has 0 aromatic heterocycles. The Morgan fingerprint density at radius 1 is 1.33 bits per heavy atom. The second kappa shape index (κ2) is 5.59. The smallest absolute Gasteiger partial charge is 0.123 e. The predicted octanol–water partition coefficient (Wildman–Crippen LogP) is 1.32.